The fourth-order valence-corrected chi connectivity index (χ4v) is 1.12. The molecule has 0 heterocycles. The average Bonchev–Trinajstić information content (AvgIpc) is 2.28. The minimum atomic E-state index is -1.08. The average molecular weight is 223 g/mol. The van der Waals surface area contributed by atoms with Crippen LogP contribution >= 0.6 is 0 Å². The largest absolute Gasteiger partial charge is 0.478 e. The number of para-hydroxylation sites is 1. The molecule has 0 saturated carbocycles. The molecule has 0 bridgehead atoms. The summed E-state index contributed by atoms with van der Waals surface area (Å²) < 4.78 is 4.83. The first kappa shape index (κ1) is 12.2. The molecular weight excluding hydrogens is 210 g/mol. The normalized spacial score (nSPS) is 11.9. The molecule has 1 amide bonds. The lowest BCUT2D eigenvalue weighted by atomic mass is 10.1. The third-order valence-corrected chi connectivity index (χ3v) is 2.14. The number of amides is 1. The van der Waals surface area contributed by atoms with Crippen molar-refractivity contribution in [1.29, 1.82) is 0 Å². The van der Waals surface area contributed by atoms with Crippen LogP contribution in [0.4, 0.5) is 5.69 Å². The van der Waals surface area contributed by atoms with E-state index in [-0.39, 0.29) is 17.2 Å². The third kappa shape index (κ3) is 2.80. The number of aromatic carboxylic acids is 1. The van der Waals surface area contributed by atoms with Crippen LogP contribution in [0.1, 0.15) is 17.3 Å². The van der Waals surface area contributed by atoms with Crippen LogP contribution in [-0.4, -0.2) is 30.2 Å². The van der Waals surface area contributed by atoms with Gasteiger partial charge < -0.3 is 15.2 Å². The Bertz CT molecular complexity index is 403. The summed E-state index contributed by atoms with van der Waals surface area (Å²) in [6, 6.07) is 6.21. The van der Waals surface area contributed by atoms with E-state index in [9.17, 15) is 9.59 Å². The van der Waals surface area contributed by atoms with Crippen LogP contribution in [0.2, 0.25) is 0 Å². The quantitative estimate of drug-likeness (QED) is 0.808. The number of methoxy groups -OCH3 is 1. The predicted octanol–water partition coefficient (Wildman–Crippen LogP) is 1.36. The van der Waals surface area contributed by atoms with Crippen LogP contribution < -0.4 is 5.32 Å². The van der Waals surface area contributed by atoms with Crippen LogP contribution in [-0.2, 0) is 9.53 Å². The number of carbonyl (C=O) groups is 2. The number of rotatable bonds is 4. The number of ether oxygens (including phenoxy) is 1. The maximum atomic E-state index is 11.5. The second-order valence-corrected chi connectivity index (χ2v) is 3.22. The second-order valence-electron chi connectivity index (χ2n) is 3.22. The SMILES string of the molecule is COC(C)C(=O)Nc1ccccc1C(=O)O. The van der Waals surface area contributed by atoms with E-state index >= 15 is 0 Å². The molecule has 1 atom stereocenters. The Labute approximate surface area is 93.0 Å². The summed E-state index contributed by atoms with van der Waals surface area (Å²) in [5, 5.41) is 11.4. The highest BCUT2D eigenvalue weighted by molar-refractivity contribution is 6.01. The van der Waals surface area contributed by atoms with Crippen molar-refractivity contribution in [3.8, 4) is 0 Å². The maximum absolute atomic E-state index is 11.5. The molecule has 0 spiro atoms. The van der Waals surface area contributed by atoms with Gasteiger partial charge in [0.25, 0.3) is 5.91 Å². The molecule has 0 saturated heterocycles. The summed E-state index contributed by atoms with van der Waals surface area (Å²) in [6.45, 7) is 1.58. The van der Waals surface area contributed by atoms with Crippen LogP contribution in [0.5, 0.6) is 0 Å². The van der Waals surface area contributed by atoms with Crippen molar-refractivity contribution >= 4 is 17.6 Å². The molecule has 1 unspecified atom stereocenters. The number of hydrogen-bond acceptors (Lipinski definition) is 3. The van der Waals surface area contributed by atoms with Crippen LogP contribution in [0.15, 0.2) is 24.3 Å². The minimum Gasteiger partial charge on any atom is -0.478 e. The van der Waals surface area contributed by atoms with Crippen molar-refractivity contribution in [3.05, 3.63) is 29.8 Å². The fraction of sp³-hybridized carbons (Fsp3) is 0.273. The first-order valence-electron chi connectivity index (χ1n) is 4.72. The van der Waals surface area contributed by atoms with E-state index in [1.807, 2.05) is 0 Å². The van der Waals surface area contributed by atoms with Gasteiger partial charge in [0.05, 0.1) is 11.3 Å². The van der Waals surface area contributed by atoms with Gasteiger partial charge >= 0.3 is 5.97 Å². The molecule has 0 aliphatic carbocycles. The van der Waals surface area contributed by atoms with Crippen molar-refractivity contribution in [2.75, 3.05) is 12.4 Å². The smallest absolute Gasteiger partial charge is 0.337 e. The Kier molecular flexibility index (Phi) is 4.02. The standard InChI is InChI=1S/C11H13NO4/c1-7(16-2)10(13)12-9-6-4-3-5-8(9)11(14)15/h3-7H,1-2H3,(H,12,13)(H,14,15). The summed E-state index contributed by atoms with van der Waals surface area (Å²) in [5.74, 6) is -1.46. The maximum Gasteiger partial charge on any atom is 0.337 e. The van der Waals surface area contributed by atoms with Crippen LogP contribution in [0.25, 0.3) is 0 Å². The number of carbonyl (C=O) groups excluding carboxylic acids is 1. The number of carboxylic acids is 1. The molecule has 0 aromatic heterocycles. The van der Waals surface area contributed by atoms with E-state index in [0.29, 0.717) is 0 Å². The van der Waals surface area contributed by atoms with Gasteiger partial charge in [0, 0.05) is 7.11 Å². The number of benzene rings is 1. The summed E-state index contributed by atoms with van der Waals surface area (Å²) in [4.78, 5) is 22.3. The van der Waals surface area contributed by atoms with E-state index < -0.39 is 12.1 Å². The molecule has 1 aromatic rings. The molecule has 0 radical (unpaired) electrons. The minimum absolute atomic E-state index is 0.0548. The molecule has 0 fully saturated rings. The molecular formula is C11H13NO4. The van der Waals surface area contributed by atoms with Crippen molar-refractivity contribution in [1.82, 2.24) is 0 Å². The molecule has 0 aliphatic rings. The zero-order valence-electron chi connectivity index (χ0n) is 9.06. The first-order valence-corrected chi connectivity index (χ1v) is 4.72. The number of carboxylic acid groups (broad SMARTS) is 1. The summed E-state index contributed by atoms with van der Waals surface area (Å²) in [6.07, 6.45) is -0.623. The van der Waals surface area contributed by atoms with Crippen molar-refractivity contribution in [3.63, 3.8) is 0 Å². The highest BCUT2D eigenvalue weighted by Gasteiger charge is 2.15. The molecule has 86 valence electrons. The molecule has 1 rings (SSSR count). The molecule has 5 heteroatoms. The lowest BCUT2D eigenvalue weighted by molar-refractivity contribution is -0.124. The zero-order valence-corrected chi connectivity index (χ0v) is 9.06. The van der Waals surface area contributed by atoms with Crippen molar-refractivity contribution in [2.24, 2.45) is 0 Å². The van der Waals surface area contributed by atoms with Gasteiger partial charge in [0.1, 0.15) is 6.10 Å². The first-order chi connectivity index (χ1) is 7.56. The molecule has 1 aromatic carbocycles. The zero-order chi connectivity index (χ0) is 12.1. The van der Waals surface area contributed by atoms with Crippen molar-refractivity contribution < 1.29 is 19.4 Å². The summed E-state index contributed by atoms with van der Waals surface area (Å²) in [7, 11) is 1.41. The second kappa shape index (κ2) is 5.27. The monoisotopic (exact) mass is 223 g/mol. The van der Waals surface area contributed by atoms with E-state index in [1.165, 1.54) is 19.2 Å². The van der Waals surface area contributed by atoms with E-state index in [4.69, 9.17) is 9.84 Å². The molecule has 0 aliphatic heterocycles. The van der Waals surface area contributed by atoms with Gasteiger partial charge in [0.15, 0.2) is 0 Å². The highest BCUT2D eigenvalue weighted by atomic mass is 16.5. The Morgan fingerprint density at radius 1 is 1.38 bits per heavy atom. The van der Waals surface area contributed by atoms with Gasteiger partial charge in [-0.3, -0.25) is 4.79 Å². The Morgan fingerprint density at radius 2 is 2.00 bits per heavy atom. The molecule has 5 nitrogen and oxygen atoms in total. The van der Waals surface area contributed by atoms with Gasteiger partial charge in [-0.2, -0.15) is 0 Å². The third-order valence-electron chi connectivity index (χ3n) is 2.14. The lowest BCUT2D eigenvalue weighted by Crippen LogP contribution is -2.27. The number of nitrogens with one attached hydrogen (secondary N) is 1. The van der Waals surface area contributed by atoms with Gasteiger partial charge in [-0.15, -0.1) is 0 Å². The topological polar surface area (TPSA) is 75.6 Å². The van der Waals surface area contributed by atoms with Crippen molar-refractivity contribution in [2.45, 2.75) is 13.0 Å². The predicted molar refractivity (Wildman–Crippen MR) is 58.5 cm³/mol. The van der Waals surface area contributed by atoms with Crippen LogP contribution in [0.3, 0.4) is 0 Å². The van der Waals surface area contributed by atoms with E-state index in [1.54, 1.807) is 19.1 Å². The number of hydrogen-bond donors (Lipinski definition) is 2. The van der Waals surface area contributed by atoms with E-state index in [2.05, 4.69) is 5.32 Å². The van der Waals surface area contributed by atoms with Gasteiger partial charge in [-0.05, 0) is 19.1 Å². The lowest BCUT2D eigenvalue weighted by Gasteiger charge is -2.11. The van der Waals surface area contributed by atoms with Crippen LogP contribution in [0, 0.1) is 0 Å². The van der Waals surface area contributed by atoms with E-state index in [0.717, 1.165) is 0 Å². The Balaban J connectivity index is 2.89. The van der Waals surface area contributed by atoms with Gasteiger partial charge in [0.2, 0.25) is 0 Å². The Hall–Kier alpha value is -1.88. The van der Waals surface area contributed by atoms with Gasteiger partial charge in [-0.25, -0.2) is 4.79 Å². The van der Waals surface area contributed by atoms with Gasteiger partial charge in [-0.1, -0.05) is 12.1 Å². The Morgan fingerprint density at radius 3 is 2.56 bits per heavy atom. The summed E-state index contributed by atoms with van der Waals surface area (Å²) in [5.41, 5.74) is 0.322. The number of anilines is 1. The molecule has 2 N–H and O–H groups in total. The molecule has 16 heavy (non-hydrogen) atoms. The fourth-order valence-electron chi connectivity index (χ4n) is 1.12. The highest BCUT2D eigenvalue weighted by Crippen LogP contribution is 2.15. The summed E-state index contributed by atoms with van der Waals surface area (Å²) >= 11 is 0.